The Morgan fingerprint density at radius 3 is 2.56 bits per heavy atom. The Labute approximate surface area is 172 Å². The Bertz CT molecular complexity index is 946. The minimum Gasteiger partial charge on any atom is -0.315 e. The number of nitrogens with zero attached hydrogens (tertiary/aromatic N) is 4. The molecule has 0 aliphatic rings. The Kier molecular flexibility index (Phi) is 6.42. The summed E-state index contributed by atoms with van der Waals surface area (Å²) in [6.07, 6.45) is 0. The Balaban J connectivity index is 1.76. The van der Waals surface area contributed by atoms with Crippen molar-refractivity contribution in [3.05, 3.63) is 58.6 Å². The molecule has 1 aromatic heterocycles. The third-order valence-corrected chi connectivity index (χ3v) is 5.55. The average molecular weight is 421 g/mol. The summed E-state index contributed by atoms with van der Waals surface area (Å²) in [5.41, 5.74) is 1.61. The molecule has 8 heteroatoms. The van der Waals surface area contributed by atoms with Crippen LogP contribution in [0.15, 0.2) is 53.7 Å². The molecule has 1 heterocycles. The van der Waals surface area contributed by atoms with Crippen LogP contribution in [-0.2, 0) is 11.3 Å². The van der Waals surface area contributed by atoms with Crippen molar-refractivity contribution >= 4 is 46.6 Å². The average Bonchev–Trinajstić information content (AvgIpc) is 3.08. The van der Waals surface area contributed by atoms with Crippen molar-refractivity contribution in [2.45, 2.75) is 18.6 Å². The summed E-state index contributed by atoms with van der Waals surface area (Å²) in [5.74, 6) is 0.909. The number of thioether (sulfide) groups is 1. The van der Waals surface area contributed by atoms with Crippen molar-refractivity contribution in [3.8, 4) is 11.4 Å². The largest absolute Gasteiger partial charge is 0.315 e. The topological polar surface area (TPSA) is 51.0 Å². The molecular weight excluding hydrogens is 403 g/mol. The second kappa shape index (κ2) is 8.78. The number of anilines is 1. The van der Waals surface area contributed by atoms with E-state index in [2.05, 4.69) is 10.2 Å². The maximum atomic E-state index is 12.5. The van der Waals surface area contributed by atoms with Crippen molar-refractivity contribution in [1.82, 2.24) is 14.8 Å². The van der Waals surface area contributed by atoms with Crippen molar-refractivity contribution in [3.63, 3.8) is 0 Å². The van der Waals surface area contributed by atoms with E-state index < -0.39 is 0 Å². The number of amides is 1. The van der Waals surface area contributed by atoms with Gasteiger partial charge in [-0.15, -0.1) is 10.2 Å². The highest BCUT2D eigenvalue weighted by Gasteiger charge is 2.18. The van der Waals surface area contributed by atoms with Crippen LogP contribution in [0.3, 0.4) is 0 Å². The highest BCUT2D eigenvalue weighted by molar-refractivity contribution is 7.99. The zero-order valence-corrected chi connectivity index (χ0v) is 17.2. The third-order valence-electron chi connectivity index (χ3n) is 4.05. The van der Waals surface area contributed by atoms with Gasteiger partial charge in [0.25, 0.3) is 0 Å². The van der Waals surface area contributed by atoms with Gasteiger partial charge in [-0.3, -0.25) is 4.79 Å². The first-order valence-electron chi connectivity index (χ1n) is 8.34. The molecule has 27 heavy (non-hydrogen) atoms. The molecule has 1 amide bonds. The predicted octanol–water partition coefficient (Wildman–Crippen LogP) is 5.03. The Morgan fingerprint density at radius 1 is 1.15 bits per heavy atom. The summed E-state index contributed by atoms with van der Waals surface area (Å²) in [5, 5.41) is 10.3. The molecule has 140 valence electrons. The van der Waals surface area contributed by atoms with E-state index in [-0.39, 0.29) is 11.7 Å². The van der Waals surface area contributed by atoms with Gasteiger partial charge in [-0.2, -0.15) is 0 Å². The number of carbonyl (C=O) groups excluding carboxylic acids is 1. The van der Waals surface area contributed by atoms with E-state index in [1.54, 1.807) is 24.1 Å². The minimum atomic E-state index is -0.0112. The van der Waals surface area contributed by atoms with E-state index in [0.717, 1.165) is 11.3 Å². The van der Waals surface area contributed by atoms with Crippen LogP contribution in [-0.4, -0.2) is 33.5 Å². The first kappa shape index (κ1) is 19.7. The molecule has 2 aromatic carbocycles. The van der Waals surface area contributed by atoms with Gasteiger partial charge in [0.05, 0.1) is 10.8 Å². The Morgan fingerprint density at radius 2 is 1.89 bits per heavy atom. The summed E-state index contributed by atoms with van der Waals surface area (Å²) in [7, 11) is 1.77. The van der Waals surface area contributed by atoms with E-state index in [4.69, 9.17) is 23.2 Å². The van der Waals surface area contributed by atoms with Crippen LogP contribution in [0.4, 0.5) is 5.69 Å². The standard InChI is InChI=1S/C19H18Cl2N4OS/c1-3-25-18(15-10-9-13(20)11-16(15)21)22-23-19(25)27-12-17(26)24(2)14-7-5-4-6-8-14/h4-11H,3,12H2,1-2H3. The molecule has 0 bridgehead atoms. The van der Waals surface area contributed by atoms with Crippen molar-refractivity contribution in [1.29, 1.82) is 0 Å². The van der Waals surface area contributed by atoms with Crippen LogP contribution < -0.4 is 4.90 Å². The summed E-state index contributed by atoms with van der Waals surface area (Å²) in [6, 6.07) is 14.8. The summed E-state index contributed by atoms with van der Waals surface area (Å²) < 4.78 is 1.94. The summed E-state index contributed by atoms with van der Waals surface area (Å²) in [4.78, 5) is 14.1. The monoisotopic (exact) mass is 420 g/mol. The van der Waals surface area contributed by atoms with Gasteiger partial charge in [0.2, 0.25) is 5.91 Å². The van der Waals surface area contributed by atoms with E-state index >= 15 is 0 Å². The summed E-state index contributed by atoms with van der Waals surface area (Å²) in [6.45, 7) is 2.66. The molecule has 0 aliphatic heterocycles. The Hall–Kier alpha value is -2.02. The lowest BCUT2D eigenvalue weighted by Crippen LogP contribution is -2.27. The fourth-order valence-electron chi connectivity index (χ4n) is 2.57. The van der Waals surface area contributed by atoms with Gasteiger partial charge in [0, 0.05) is 29.9 Å². The first-order chi connectivity index (χ1) is 13.0. The van der Waals surface area contributed by atoms with Gasteiger partial charge >= 0.3 is 0 Å². The molecule has 0 unspecified atom stereocenters. The summed E-state index contributed by atoms with van der Waals surface area (Å²) >= 11 is 13.6. The third kappa shape index (κ3) is 4.46. The van der Waals surface area contributed by atoms with Crippen LogP contribution in [0.5, 0.6) is 0 Å². The number of carbonyl (C=O) groups is 1. The molecule has 0 fully saturated rings. The normalized spacial score (nSPS) is 10.8. The van der Waals surface area contributed by atoms with E-state index in [0.29, 0.717) is 27.6 Å². The quantitative estimate of drug-likeness (QED) is 0.524. The number of para-hydroxylation sites is 1. The molecule has 0 spiro atoms. The fourth-order valence-corrected chi connectivity index (χ4v) is 3.98. The molecular formula is C19H18Cl2N4OS. The number of benzene rings is 2. The van der Waals surface area contributed by atoms with Crippen LogP contribution in [0.2, 0.25) is 10.0 Å². The number of halogens is 2. The van der Waals surface area contributed by atoms with Crippen LogP contribution in [0.25, 0.3) is 11.4 Å². The lowest BCUT2D eigenvalue weighted by atomic mass is 10.2. The lowest BCUT2D eigenvalue weighted by molar-refractivity contribution is -0.115. The van der Waals surface area contributed by atoms with E-state index in [9.17, 15) is 4.79 Å². The maximum Gasteiger partial charge on any atom is 0.237 e. The van der Waals surface area contributed by atoms with Gasteiger partial charge < -0.3 is 9.47 Å². The van der Waals surface area contributed by atoms with Gasteiger partial charge in [-0.1, -0.05) is 53.2 Å². The van der Waals surface area contributed by atoms with E-state index in [1.165, 1.54) is 11.8 Å². The molecule has 0 atom stereocenters. The lowest BCUT2D eigenvalue weighted by Gasteiger charge is -2.17. The maximum absolute atomic E-state index is 12.5. The molecule has 3 aromatic rings. The SMILES string of the molecule is CCn1c(SCC(=O)N(C)c2ccccc2)nnc1-c1ccc(Cl)cc1Cl. The van der Waals surface area contributed by atoms with Crippen molar-refractivity contribution in [2.75, 3.05) is 17.7 Å². The van der Waals surface area contributed by atoms with Crippen LogP contribution >= 0.6 is 35.0 Å². The predicted molar refractivity (Wildman–Crippen MR) is 112 cm³/mol. The number of hydrogen-bond donors (Lipinski definition) is 0. The zero-order valence-electron chi connectivity index (χ0n) is 14.9. The molecule has 0 aliphatic carbocycles. The fraction of sp³-hybridized carbons (Fsp3) is 0.211. The first-order valence-corrected chi connectivity index (χ1v) is 10.1. The number of rotatable bonds is 6. The second-order valence-corrected chi connectivity index (χ2v) is 7.54. The molecule has 0 saturated heterocycles. The number of aromatic nitrogens is 3. The molecule has 5 nitrogen and oxygen atoms in total. The molecule has 3 rings (SSSR count). The second-order valence-electron chi connectivity index (χ2n) is 5.75. The smallest absolute Gasteiger partial charge is 0.237 e. The highest BCUT2D eigenvalue weighted by Crippen LogP contribution is 2.31. The molecule has 0 radical (unpaired) electrons. The van der Waals surface area contributed by atoms with Crippen LogP contribution in [0.1, 0.15) is 6.92 Å². The van der Waals surface area contributed by atoms with Gasteiger partial charge in [-0.05, 0) is 37.3 Å². The van der Waals surface area contributed by atoms with Crippen molar-refractivity contribution < 1.29 is 4.79 Å². The van der Waals surface area contributed by atoms with Gasteiger partial charge in [0.1, 0.15) is 0 Å². The molecule has 0 saturated carbocycles. The van der Waals surface area contributed by atoms with Crippen LogP contribution in [0, 0.1) is 0 Å². The molecule has 0 N–H and O–H groups in total. The van der Waals surface area contributed by atoms with Gasteiger partial charge in [0.15, 0.2) is 11.0 Å². The zero-order chi connectivity index (χ0) is 19.4. The van der Waals surface area contributed by atoms with Gasteiger partial charge in [-0.25, -0.2) is 0 Å². The van der Waals surface area contributed by atoms with E-state index in [1.807, 2.05) is 47.9 Å². The van der Waals surface area contributed by atoms with Crippen molar-refractivity contribution in [2.24, 2.45) is 0 Å². The minimum absolute atomic E-state index is 0.0112. The number of hydrogen-bond acceptors (Lipinski definition) is 4. The highest BCUT2D eigenvalue weighted by atomic mass is 35.5.